The lowest BCUT2D eigenvalue weighted by atomic mass is 9.98. The molecular weight excluding hydrogens is 336 g/mol. The summed E-state index contributed by atoms with van der Waals surface area (Å²) in [6.45, 7) is 8.12. The summed E-state index contributed by atoms with van der Waals surface area (Å²) in [4.78, 5) is 10.2. The molecule has 0 saturated carbocycles. The fourth-order valence-corrected chi connectivity index (χ4v) is 3.68. The second-order valence-electron chi connectivity index (χ2n) is 6.41. The fourth-order valence-electron chi connectivity index (χ4n) is 1.98. The largest absolute Gasteiger partial charge is 0.356 e. The van der Waals surface area contributed by atoms with E-state index in [0.717, 1.165) is 24.0 Å². The Morgan fingerprint density at radius 1 is 1.21 bits per heavy atom. The van der Waals surface area contributed by atoms with Crippen molar-refractivity contribution in [1.29, 1.82) is 0 Å². The van der Waals surface area contributed by atoms with E-state index in [1.54, 1.807) is 18.4 Å². The first kappa shape index (κ1) is 18.8. The van der Waals surface area contributed by atoms with Crippen molar-refractivity contribution in [3.8, 4) is 0 Å². The molecule has 1 aromatic heterocycles. The van der Waals surface area contributed by atoms with E-state index in [0.29, 0.717) is 6.54 Å². The number of hydrogen-bond donors (Lipinski definition) is 2. The topological polar surface area (TPSA) is 49.3 Å². The van der Waals surface area contributed by atoms with E-state index in [1.807, 2.05) is 17.8 Å². The standard InChI is InChI=1S/C18H26N4S2/c1-18(2,3)16-22-14(13-24-16)12-21-17(19-4)20-10-11-23-15-8-6-5-7-9-15/h5-9,13H,10-12H2,1-4H3,(H2,19,20,21). The van der Waals surface area contributed by atoms with Gasteiger partial charge in [-0.1, -0.05) is 39.0 Å². The van der Waals surface area contributed by atoms with Crippen LogP contribution in [-0.4, -0.2) is 30.3 Å². The number of hydrogen-bond acceptors (Lipinski definition) is 4. The molecule has 1 heterocycles. The smallest absolute Gasteiger partial charge is 0.191 e. The zero-order valence-corrected chi connectivity index (χ0v) is 16.4. The summed E-state index contributed by atoms with van der Waals surface area (Å²) < 4.78 is 0. The molecule has 2 aromatic rings. The lowest BCUT2D eigenvalue weighted by Crippen LogP contribution is -2.38. The highest BCUT2D eigenvalue weighted by Crippen LogP contribution is 2.25. The van der Waals surface area contributed by atoms with Gasteiger partial charge in [-0.05, 0) is 12.1 Å². The third kappa shape index (κ3) is 6.17. The van der Waals surface area contributed by atoms with Gasteiger partial charge in [-0.15, -0.1) is 23.1 Å². The molecule has 0 spiro atoms. The minimum atomic E-state index is 0.109. The molecule has 0 unspecified atom stereocenters. The average molecular weight is 363 g/mol. The van der Waals surface area contributed by atoms with Gasteiger partial charge >= 0.3 is 0 Å². The molecule has 0 aliphatic carbocycles. The minimum Gasteiger partial charge on any atom is -0.356 e. The zero-order valence-electron chi connectivity index (χ0n) is 14.8. The molecule has 4 nitrogen and oxygen atoms in total. The van der Waals surface area contributed by atoms with Crippen molar-refractivity contribution in [2.75, 3.05) is 19.3 Å². The molecular formula is C18H26N4S2. The lowest BCUT2D eigenvalue weighted by Gasteiger charge is -2.14. The molecule has 0 aliphatic rings. The van der Waals surface area contributed by atoms with Crippen LogP contribution in [0.2, 0.25) is 0 Å². The maximum Gasteiger partial charge on any atom is 0.191 e. The van der Waals surface area contributed by atoms with Gasteiger partial charge in [0.05, 0.1) is 17.2 Å². The highest BCUT2D eigenvalue weighted by atomic mass is 32.2. The Balaban J connectivity index is 1.71. The van der Waals surface area contributed by atoms with E-state index in [1.165, 1.54) is 9.90 Å². The van der Waals surface area contributed by atoms with Gasteiger partial charge in [0.25, 0.3) is 0 Å². The van der Waals surface area contributed by atoms with Gasteiger partial charge in [0.2, 0.25) is 0 Å². The number of nitrogens with one attached hydrogen (secondary N) is 2. The Labute approximate surface area is 153 Å². The number of rotatable bonds is 6. The number of thiazole rings is 1. The summed E-state index contributed by atoms with van der Waals surface area (Å²) >= 11 is 3.56. The molecule has 0 saturated heterocycles. The number of guanidine groups is 1. The number of aliphatic imine (C=N–C) groups is 1. The van der Waals surface area contributed by atoms with Crippen LogP contribution in [0.1, 0.15) is 31.5 Å². The summed E-state index contributed by atoms with van der Waals surface area (Å²) in [5.41, 5.74) is 1.17. The maximum absolute atomic E-state index is 4.69. The van der Waals surface area contributed by atoms with Crippen molar-refractivity contribution in [1.82, 2.24) is 15.6 Å². The van der Waals surface area contributed by atoms with Crippen molar-refractivity contribution in [3.63, 3.8) is 0 Å². The number of thioether (sulfide) groups is 1. The van der Waals surface area contributed by atoms with Crippen LogP contribution in [0.3, 0.4) is 0 Å². The zero-order chi connectivity index (χ0) is 17.4. The monoisotopic (exact) mass is 362 g/mol. The van der Waals surface area contributed by atoms with Crippen molar-refractivity contribution in [2.24, 2.45) is 4.99 Å². The van der Waals surface area contributed by atoms with E-state index < -0.39 is 0 Å². The Kier molecular flexibility index (Phi) is 7.12. The van der Waals surface area contributed by atoms with Crippen LogP contribution in [0.15, 0.2) is 45.6 Å². The Morgan fingerprint density at radius 2 is 1.96 bits per heavy atom. The third-order valence-corrected chi connectivity index (χ3v) is 5.59. The second kappa shape index (κ2) is 9.08. The van der Waals surface area contributed by atoms with Crippen LogP contribution in [0, 0.1) is 0 Å². The van der Waals surface area contributed by atoms with E-state index >= 15 is 0 Å². The molecule has 6 heteroatoms. The number of benzene rings is 1. The van der Waals surface area contributed by atoms with E-state index in [2.05, 4.69) is 66.0 Å². The molecule has 2 rings (SSSR count). The number of nitrogens with zero attached hydrogens (tertiary/aromatic N) is 2. The highest BCUT2D eigenvalue weighted by molar-refractivity contribution is 7.99. The van der Waals surface area contributed by atoms with Crippen LogP contribution in [0.5, 0.6) is 0 Å². The SMILES string of the molecule is CN=C(NCCSc1ccccc1)NCc1csc(C(C)(C)C)n1. The quantitative estimate of drug-likeness (QED) is 0.354. The summed E-state index contributed by atoms with van der Waals surface area (Å²) in [7, 11) is 1.79. The van der Waals surface area contributed by atoms with E-state index in [4.69, 9.17) is 4.98 Å². The fraction of sp³-hybridized carbons (Fsp3) is 0.444. The van der Waals surface area contributed by atoms with Gasteiger partial charge < -0.3 is 10.6 Å². The molecule has 1 aromatic carbocycles. The summed E-state index contributed by atoms with van der Waals surface area (Å²) in [5, 5.41) is 9.95. The second-order valence-corrected chi connectivity index (χ2v) is 8.43. The first-order chi connectivity index (χ1) is 11.5. The predicted molar refractivity (Wildman–Crippen MR) is 106 cm³/mol. The van der Waals surface area contributed by atoms with Crippen LogP contribution < -0.4 is 10.6 Å². The van der Waals surface area contributed by atoms with E-state index in [-0.39, 0.29) is 5.41 Å². The summed E-state index contributed by atoms with van der Waals surface area (Å²) in [6.07, 6.45) is 0. The van der Waals surface area contributed by atoms with Crippen molar-refractivity contribution in [2.45, 2.75) is 37.6 Å². The van der Waals surface area contributed by atoms with Crippen molar-refractivity contribution in [3.05, 3.63) is 46.4 Å². The van der Waals surface area contributed by atoms with Crippen LogP contribution in [0.4, 0.5) is 0 Å². The molecule has 0 radical (unpaired) electrons. The van der Waals surface area contributed by atoms with Gasteiger partial charge in [-0.3, -0.25) is 4.99 Å². The van der Waals surface area contributed by atoms with Gasteiger partial charge in [0.15, 0.2) is 5.96 Å². The molecule has 130 valence electrons. The average Bonchev–Trinajstić information content (AvgIpc) is 3.04. The normalized spacial score (nSPS) is 12.2. The van der Waals surface area contributed by atoms with Gasteiger partial charge in [0.1, 0.15) is 0 Å². The molecule has 2 N–H and O–H groups in total. The third-order valence-electron chi connectivity index (χ3n) is 3.26. The molecule has 0 amide bonds. The molecule has 0 fully saturated rings. The van der Waals surface area contributed by atoms with E-state index in [9.17, 15) is 0 Å². The Hall–Kier alpha value is -1.53. The molecule has 0 atom stereocenters. The molecule has 0 aliphatic heterocycles. The maximum atomic E-state index is 4.69. The van der Waals surface area contributed by atoms with Gasteiger partial charge in [-0.25, -0.2) is 4.98 Å². The minimum absolute atomic E-state index is 0.109. The lowest BCUT2D eigenvalue weighted by molar-refractivity contribution is 0.582. The molecule has 0 bridgehead atoms. The first-order valence-corrected chi connectivity index (χ1v) is 9.93. The van der Waals surface area contributed by atoms with Gasteiger partial charge in [0, 0.05) is 35.0 Å². The summed E-state index contributed by atoms with van der Waals surface area (Å²) in [6, 6.07) is 10.4. The van der Waals surface area contributed by atoms with Gasteiger partial charge in [-0.2, -0.15) is 0 Å². The Morgan fingerprint density at radius 3 is 2.58 bits per heavy atom. The van der Waals surface area contributed by atoms with Crippen LogP contribution in [0.25, 0.3) is 0 Å². The van der Waals surface area contributed by atoms with Crippen molar-refractivity contribution < 1.29 is 0 Å². The summed E-state index contributed by atoms with van der Waals surface area (Å²) in [5.74, 6) is 1.81. The Bertz CT molecular complexity index is 645. The van der Waals surface area contributed by atoms with Crippen LogP contribution >= 0.6 is 23.1 Å². The highest BCUT2D eigenvalue weighted by Gasteiger charge is 2.17. The predicted octanol–water partition coefficient (Wildman–Crippen LogP) is 3.90. The van der Waals surface area contributed by atoms with Crippen molar-refractivity contribution >= 4 is 29.1 Å². The molecule has 24 heavy (non-hydrogen) atoms. The number of aromatic nitrogens is 1. The first-order valence-electron chi connectivity index (χ1n) is 8.06. The van der Waals surface area contributed by atoms with Crippen LogP contribution in [-0.2, 0) is 12.0 Å².